The minimum absolute atomic E-state index is 0.336. The van der Waals surface area contributed by atoms with Gasteiger partial charge in [0, 0.05) is 10.6 Å². The van der Waals surface area contributed by atoms with Gasteiger partial charge >= 0.3 is 0 Å². The molecule has 0 spiro atoms. The highest BCUT2D eigenvalue weighted by Crippen LogP contribution is 2.28. The van der Waals surface area contributed by atoms with Gasteiger partial charge in [0.15, 0.2) is 0 Å². The van der Waals surface area contributed by atoms with Crippen molar-refractivity contribution >= 4 is 23.2 Å². The maximum atomic E-state index is 12.4. The number of amides is 1. The largest absolute Gasteiger partial charge is 0.495 e. The second-order valence-electron chi connectivity index (χ2n) is 4.41. The molecule has 1 N–H and O–H groups in total. The number of nitrogens with one attached hydrogen (secondary N) is 1. The molecule has 2 aromatic rings. The molecular weight excluding hydrogens is 288 g/mol. The molecule has 0 bridgehead atoms. The number of methoxy groups -OCH3 is 1. The summed E-state index contributed by atoms with van der Waals surface area (Å²) in [6.45, 7) is 1.82. The summed E-state index contributed by atoms with van der Waals surface area (Å²) in [6, 6.07) is 12.1. The van der Waals surface area contributed by atoms with Crippen LogP contribution in [0.5, 0.6) is 5.75 Å². The van der Waals surface area contributed by atoms with E-state index in [0.29, 0.717) is 27.6 Å². The molecule has 1 amide bonds. The van der Waals surface area contributed by atoms with Gasteiger partial charge in [0.2, 0.25) is 0 Å². The number of carbonyl (C=O) groups is 1. The molecule has 5 heteroatoms. The smallest absolute Gasteiger partial charge is 0.256 e. The van der Waals surface area contributed by atoms with Gasteiger partial charge in [-0.05, 0) is 36.8 Å². The van der Waals surface area contributed by atoms with Crippen molar-refractivity contribution in [3.05, 3.63) is 58.1 Å². The normalized spacial score (nSPS) is 9.81. The number of ether oxygens (including phenoxy) is 1. The number of para-hydroxylation sites is 1. The molecule has 0 atom stereocenters. The Morgan fingerprint density at radius 1 is 1.33 bits per heavy atom. The summed E-state index contributed by atoms with van der Waals surface area (Å²) >= 11 is 5.92. The van der Waals surface area contributed by atoms with E-state index in [1.807, 2.05) is 13.0 Å². The van der Waals surface area contributed by atoms with Crippen LogP contribution in [-0.4, -0.2) is 13.0 Å². The van der Waals surface area contributed by atoms with E-state index in [1.165, 1.54) is 7.11 Å². The van der Waals surface area contributed by atoms with Crippen LogP contribution in [0.3, 0.4) is 0 Å². The van der Waals surface area contributed by atoms with Crippen molar-refractivity contribution in [2.75, 3.05) is 12.4 Å². The highest BCUT2D eigenvalue weighted by molar-refractivity contribution is 6.31. The summed E-state index contributed by atoms with van der Waals surface area (Å²) in [4.78, 5) is 12.4. The molecule has 106 valence electrons. The summed E-state index contributed by atoms with van der Waals surface area (Å²) in [5.41, 5.74) is 1.94. The van der Waals surface area contributed by atoms with Crippen LogP contribution in [0.25, 0.3) is 0 Å². The van der Waals surface area contributed by atoms with E-state index in [2.05, 4.69) is 5.32 Å². The van der Waals surface area contributed by atoms with Gasteiger partial charge < -0.3 is 10.1 Å². The summed E-state index contributed by atoms with van der Waals surface area (Å²) in [5.74, 6) is 0.0954. The van der Waals surface area contributed by atoms with Crippen LogP contribution >= 0.6 is 11.6 Å². The fourth-order valence-electron chi connectivity index (χ4n) is 1.94. The number of benzene rings is 2. The van der Waals surface area contributed by atoms with Crippen molar-refractivity contribution in [3.63, 3.8) is 0 Å². The van der Waals surface area contributed by atoms with Crippen molar-refractivity contribution in [3.8, 4) is 11.8 Å². The van der Waals surface area contributed by atoms with Crippen molar-refractivity contribution in [2.24, 2.45) is 0 Å². The van der Waals surface area contributed by atoms with E-state index in [-0.39, 0.29) is 5.91 Å². The molecule has 0 aliphatic rings. The molecule has 2 rings (SSSR count). The minimum atomic E-state index is -0.337. The van der Waals surface area contributed by atoms with Gasteiger partial charge in [-0.15, -0.1) is 0 Å². The lowest BCUT2D eigenvalue weighted by atomic mass is 10.1. The predicted molar refractivity (Wildman–Crippen MR) is 81.9 cm³/mol. The molecule has 0 saturated carbocycles. The summed E-state index contributed by atoms with van der Waals surface area (Å²) in [7, 11) is 1.48. The van der Waals surface area contributed by atoms with Crippen molar-refractivity contribution in [2.45, 2.75) is 6.92 Å². The Morgan fingerprint density at radius 2 is 2.10 bits per heavy atom. The van der Waals surface area contributed by atoms with Crippen LogP contribution in [0.4, 0.5) is 5.69 Å². The van der Waals surface area contributed by atoms with E-state index < -0.39 is 0 Å². The van der Waals surface area contributed by atoms with Gasteiger partial charge in [0.1, 0.15) is 17.5 Å². The number of halogens is 1. The van der Waals surface area contributed by atoms with Gasteiger partial charge in [0.25, 0.3) is 5.91 Å². The highest BCUT2D eigenvalue weighted by atomic mass is 35.5. The van der Waals surface area contributed by atoms with Gasteiger partial charge in [0.05, 0.1) is 12.7 Å². The molecule has 2 aromatic carbocycles. The number of carbonyl (C=O) groups excluding carboxylic acids is 1. The molecule has 0 unspecified atom stereocenters. The van der Waals surface area contributed by atoms with Crippen molar-refractivity contribution < 1.29 is 9.53 Å². The second kappa shape index (κ2) is 6.29. The molecule has 0 fully saturated rings. The van der Waals surface area contributed by atoms with Crippen molar-refractivity contribution in [1.82, 2.24) is 0 Å². The minimum Gasteiger partial charge on any atom is -0.495 e. The predicted octanol–water partition coefficient (Wildman–Crippen LogP) is 3.78. The van der Waals surface area contributed by atoms with Gasteiger partial charge in [-0.3, -0.25) is 4.79 Å². The molecule has 0 radical (unpaired) electrons. The average Bonchev–Trinajstić information content (AvgIpc) is 2.49. The number of rotatable bonds is 3. The van der Waals surface area contributed by atoms with Crippen LogP contribution in [0.2, 0.25) is 5.02 Å². The first-order valence-electron chi connectivity index (χ1n) is 6.21. The van der Waals surface area contributed by atoms with Crippen LogP contribution in [-0.2, 0) is 0 Å². The van der Waals surface area contributed by atoms with Gasteiger partial charge in [-0.25, -0.2) is 0 Å². The Morgan fingerprint density at radius 3 is 2.76 bits per heavy atom. The lowest BCUT2D eigenvalue weighted by molar-refractivity contribution is 0.102. The monoisotopic (exact) mass is 300 g/mol. The lowest BCUT2D eigenvalue weighted by Crippen LogP contribution is -2.15. The third-order valence-electron chi connectivity index (χ3n) is 3.05. The zero-order valence-electron chi connectivity index (χ0n) is 11.6. The average molecular weight is 301 g/mol. The van der Waals surface area contributed by atoms with E-state index in [0.717, 1.165) is 5.56 Å². The maximum absolute atomic E-state index is 12.4. The topological polar surface area (TPSA) is 62.1 Å². The van der Waals surface area contributed by atoms with E-state index in [4.69, 9.17) is 21.6 Å². The molecule has 0 aliphatic carbocycles. The van der Waals surface area contributed by atoms with Gasteiger partial charge in [-0.1, -0.05) is 23.7 Å². The Bertz CT molecular complexity index is 736. The standard InChI is InChI=1S/C16H13ClN2O2/c1-10-6-7-12(17)8-13(10)16(20)19-15-11(9-18)4-3-5-14(15)21-2/h3-8H,1-2H3,(H,19,20). The lowest BCUT2D eigenvalue weighted by Gasteiger charge is -2.12. The zero-order chi connectivity index (χ0) is 15.4. The SMILES string of the molecule is COc1cccc(C#N)c1NC(=O)c1cc(Cl)ccc1C. The number of nitriles is 1. The number of anilines is 1. The first-order chi connectivity index (χ1) is 10.1. The Labute approximate surface area is 127 Å². The quantitative estimate of drug-likeness (QED) is 0.938. The molecular formula is C16H13ClN2O2. The summed E-state index contributed by atoms with van der Waals surface area (Å²) < 4.78 is 5.19. The number of hydrogen-bond donors (Lipinski definition) is 1. The van der Waals surface area contributed by atoms with E-state index >= 15 is 0 Å². The Hall–Kier alpha value is -2.51. The number of aryl methyl sites for hydroxylation is 1. The molecule has 0 aliphatic heterocycles. The molecule has 21 heavy (non-hydrogen) atoms. The molecule has 4 nitrogen and oxygen atoms in total. The van der Waals surface area contributed by atoms with Gasteiger partial charge in [-0.2, -0.15) is 5.26 Å². The number of hydrogen-bond acceptors (Lipinski definition) is 3. The molecule has 0 aromatic heterocycles. The van der Waals surface area contributed by atoms with Crippen LogP contribution in [0.15, 0.2) is 36.4 Å². The molecule has 0 heterocycles. The third-order valence-corrected chi connectivity index (χ3v) is 3.28. The van der Waals surface area contributed by atoms with Crippen LogP contribution < -0.4 is 10.1 Å². The molecule has 0 saturated heterocycles. The zero-order valence-corrected chi connectivity index (χ0v) is 12.4. The van der Waals surface area contributed by atoms with Crippen molar-refractivity contribution in [1.29, 1.82) is 5.26 Å². The first kappa shape index (κ1) is 14.9. The maximum Gasteiger partial charge on any atom is 0.256 e. The van der Waals surface area contributed by atoms with E-state index in [9.17, 15) is 4.79 Å². The summed E-state index contributed by atoms with van der Waals surface area (Å²) in [6.07, 6.45) is 0. The fraction of sp³-hybridized carbons (Fsp3) is 0.125. The van der Waals surface area contributed by atoms with Crippen LogP contribution in [0.1, 0.15) is 21.5 Å². The third kappa shape index (κ3) is 3.15. The highest BCUT2D eigenvalue weighted by Gasteiger charge is 2.15. The first-order valence-corrected chi connectivity index (χ1v) is 6.59. The van der Waals surface area contributed by atoms with E-state index in [1.54, 1.807) is 36.4 Å². The summed E-state index contributed by atoms with van der Waals surface area (Å²) in [5, 5.41) is 12.3. The Kier molecular flexibility index (Phi) is 4.46. The fourth-order valence-corrected chi connectivity index (χ4v) is 2.12. The second-order valence-corrected chi connectivity index (χ2v) is 4.84. The number of nitrogens with zero attached hydrogens (tertiary/aromatic N) is 1. The Balaban J connectivity index is 2.41. The van der Waals surface area contributed by atoms with Crippen LogP contribution in [0, 0.1) is 18.3 Å².